The number of halogens is 1. The van der Waals surface area contributed by atoms with Gasteiger partial charge in [0.1, 0.15) is 0 Å². The maximum atomic E-state index is 13.3. The fourth-order valence-corrected chi connectivity index (χ4v) is 3.96. The molecule has 0 bridgehead atoms. The third-order valence-electron chi connectivity index (χ3n) is 5.42. The van der Waals surface area contributed by atoms with Gasteiger partial charge in [0.15, 0.2) is 11.2 Å². The van der Waals surface area contributed by atoms with Gasteiger partial charge in [-0.1, -0.05) is 48.0 Å². The number of rotatable bonds is 4. The lowest BCUT2D eigenvalue weighted by Gasteiger charge is -2.14. The highest BCUT2D eigenvalue weighted by molar-refractivity contribution is 6.31. The summed E-state index contributed by atoms with van der Waals surface area (Å²) in [7, 11) is 0. The molecule has 146 valence electrons. The van der Waals surface area contributed by atoms with E-state index in [1.165, 1.54) is 4.57 Å². The van der Waals surface area contributed by atoms with Crippen LogP contribution in [0.2, 0.25) is 5.02 Å². The van der Waals surface area contributed by atoms with E-state index in [-0.39, 0.29) is 17.3 Å². The van der Waals surface area contributed by atoms with Gasteiger partial charge in [-0.05, 0) is 43.0 Å². The summed E-state index contributed by atoms with van der Waals surface area (Å²) < 4.78 is 4.74. The van der Waals surface area contributed by atoms with Gasteiger partial charge in [0.05, 0.1) is 18.6 Å². The van der Waals surface area contributed by atoms with Crippen LogP contribution in [0.5, 0.6) is 0 Å². The molecule has 4 aromatic rings. The minimum atomic E-state index is -0.331. The van der Waals surface area contributed by atoms with E-state index in [1.54, 1.807) is 15.5 Å². The van der Waals surface area contributed by atoms with Gasteiger partial charge in [-0.3, -0.25) is 9.36 Å². The van der Waals surface area contributed by atoms with Crippen LogP contribution in [0.1, 0.15) is 30.0 Å². The van der Waals surface area contributed by atoms with Crippen LogP contribution in [0.3, 0.4) is 0 Å². The molecule has 29 heavy (non-hydrogen) atoms. The third kappa shape index (κ3) is 2.91. The second-order valence-corrected chi connectivity index (χ2v) is 7.85. The van der Waals surface area contributed by atoms with Gasteiger partial charge in [-0.2, -0.15) is 0 Å². The van der Waals surface area contributed by atoms with Gasteiger partial charge in [-0.15, -0.1) is 0 Å². The maximum Gasteiger partial charge on any atom is 0.337 e. The average Bonchev–Trinajstić information content (AvgIpc) is 3.45. The zero-order valence-electron chi connectivity index (χ0n) is 15.9. The van der Waals surface area contributed by atoms with Crippen LogP contribution in [-0.4, -0.2) is 18.7 Å². The molecule has 1 fully saturated rings. The Bertz CT molecular complexity index is 1360. The predicted molar refractivity (Wildman–Crippen MR) is 113 cm³/mol. The Hall–Kier alpha value is -3.12. The van der Waals surface area contributed by atoms with Gasteiger partial charge < -0.3 is 4.57 Å². The third-order valence-corrected chi connectivity index (χ3v) is 5.78. The van der Waals surface area contributed by atoms with E-state index >= 15 is 0 Å². The molecule has 6 nitrogen and oxygen atoms in total. The minimum absolute atomic E-state index is 0.0432. The van der Waals surface area contributed by atoms with E-state index in [2.05, 4.69) is 4.98 Å². The van der Waals surface area contributed by atoms with E-state index in [1.807, 2.05) is 55.5 Å². The fourth-order valence-electron chi connectivity index (χ4n) is 3.77. The van der Waals surface area contributed by atoms with Crippen LogP contribution in [0.25, 0.3) is 16.9 Å². The summed E-state index contributed by atoms with van der Waals surface area (Å²) in [6, 6.07) is 15.1. The Morgan fingerprint density at radius 3 is 2.52 bits per heavy atom. The van der Waals surface area contributed by atoms with Gasteiger partial charge in [0, 0.05) is 11.1 Å². The van der Waals surface area contributed by atoms with Gasteiger partial charge >= 0.3 is 5.69 Å². The molecule has 0 radical (unpaired) electrons. The highest BCUT2D eigenvalue weighted by atomic mass is 35.5. The molecule has 0 aliphatic heterocycles. The van der Waals surface area contributed by atoms with E-state index in [0.717, 1.165) is 29.7 Å². The zero-order chi connectivity index (χ0) is 20.1. The second kappa shape index (κ2) is 6.74. The lowest BCUT2D eigenvalue weighted by Crippen LogP contribution is -2.39. The average molecular weight is 407 g/mol. The van der Waals surface area contributed by atoms with Crippen molar-refractivity contribution in [3.8, 4) is 5.69 Å². The van der Waals surface area contributed by atoms with E-state index in [0.29, 0.717) is 22.7 Å². The normalized spacial score (nSPS) is 13.9. The molecule has 5 rings (SSSR count). The molecule has 0 atom stereocenters. The molecule has 2 aromatic carbocycles. The topological polar surface area (TPSA) is 61.8 Å². The number of para-hydroxylation sites is 1. The summed E-state index contributed by atoms with van der Waals surface area (Å²) in [5.74, 6) is 0. The highest BCUT2D eigenvalue weighted by Crippen LogP contribution is 2.33. The molecule has 1 aliphatic carbocycles. The highest BCUT2D eigenvalue weighted by Gasteiger charge is 2.30. The summed E-state index contributed by atoms with van der Waals surface area (Å²) in [5.41, 5.74) is 2.74. The van der Waals surface area contributed by atoms with Crippen molar-refractivity contribution in [2.24, 2.45) is 0 Å². The summed E-state index contributed by atoms with van der Waals surface area (Å²) in [6.07, 6.45) is 3.29. The number of fused-ring (bicyclic) bond motifs is 1. The first-order valence-electron chi connectivity index (χ1n) is 9.58. The molecule has 0 unspecified atom stereocenters. The lowest BCUT2D eigenvalue weighted by atomic mass is 10.2. The molecule has 0 saturated heterocycles. The predicted octanol–water partition coefficient (Wildman–Crippen LogP) is 3.69. The van der Waals surface area contributed by atoms with Crippen molar-refractivity contribution in [1.82, 2.24) is 18.7 Å². The van der Waals surface area contributed by atoms with Crippen molar-refractivity contribution in [2.75, 3.05) is 0 Å². The van der Waals surface area contributed by atoms with Crippen molar-refractivity contribution in [2.45, 2.75) is 32.4 Å². The second-order valence-electron chi connectivity index (χ2n) is 7.45. The molecule has 0 N–H and O–H groups in total. The van der Waals surface area contributed by atoms with Crippen LogP contribution in [0.4, 0.5) is 0 Å². The quantitative estimate of drug-likeness (QED) is 0.519. The molecule has 2 aromatic heterocycles. The van der Waals surface area contributed by atoms with Crippen LogP contribution in [-0.2, 0) is 6.54 Å². The smallest absolute Gasteiger partial charge is 0.320 e. The van der Waals surface area contributed by atoms with E-state index in [9.17, 15) is 9.59 Å². The number of nitrogens with zero attached hydrogens (tertiary/aromatic N) is 4. The standard InChI is InChI=1S/C22H19ClN4O2/c1-14-6-2-5-9-18(14)27-20-19(21(28)26(22(27)29)16-10-11-16)25(13-24-20)12-15-7-3-4-8-17(15)23/h2-9,13,16H,10-12H2,1H3. The number of hydrogen-bond donors (Lipinski definition) is 0. The zero-order valence-corrected chi connectivity index (χ0v) is 16.6. The Morgan fingerprint density at radius 1 is 1.07 bits per heavy atom. The lowest BCUT2D eigenvalue weighted by molar-refractivity contribution is 0.638. The summed E-state index contributed by atoms with van der Waals surface area (Å²) >= 11 is 6.32. The summed E-state index contributed by atoms with van der Waals surface area (Å²) in [4.78, 5) is 31.1. The first-order valence-corrected chi connectivity index (χ1v) is 9.96. The first kappa shape index (κ1) is 17.9. The van der Waals surface area contributed by atoms with Gasteiger partial charge in [-0.25, -0.2) is 14.3 Å². The van der Waals surface area contributed by atoms with Crippen molar-refractivity contribution >= 4 is 22.8 Å². The number of aryl methyl sites for hydroxylation is 1. The van der Waals surface area contributed by atoms with Crippen molar-refractivity contribution in [3.63, 3.8) is 0 Å². The molecule has 7 heteroatoms. The number of aromatic nitrogens is 4. The molecule has 0 amide bonds. The van der Waals surface area contributed by atoms with Crippen molar-refractivity contribution < 1.29 is 0 Å². The molecule has 0 spiro atoms. The van der Waals surface area contributed by atoms with Crippen molar-refractivity contribution in [1.29, 1.82) is 0 Å². The number of hydrogen-bond acceptors (Lipinski definition) is 3. The summed E-state index contributed by atoms with van der Waals surface area (Å²) in [5, 5.41) is 0.629. The Kier molecular flexibility index (Phi) is 4.17. The molecular weight excluding hydrogens is 388 g/mol. The van der Waals surface area contributed by atoms with Gasteiger partial charge in [0.2, 0.25) is 0 Å². The Labute approximate surface area is 171 Å². The van der Waals surface area contributed by atoms with Crippen LogP contribution >= 0.6 is 11.6 Å². The summed E-state index contributed by atoms with van der Waals surface area (Å²) in [6.45, 7) is 2.35. The van der Waals surface area contributed by atoms with Crippen LogP contribution in [0.15, 0.2) is 64.4 Å². The Balaban J connectivity index is 1.82. The molecular formula is C22H19ClN4O2. The minimum Gasteiger partial charge on any atom is -0.320 e. The maximum absolute atomic E-state index is 13.3. The molecule has 1 aliphatic rings. The number of imidazole rings is 1. The molecule has 1 saturated carbocycles. The van der Waals surface area contributed by atoms with Crippen LogP contribution in [0, 0.1) is 6.92 Å². The SMILES string of the molecule is Cc1ccccc1-n1c(=O)n(C2CC2)c(=O)c2c1ncn2Cc1ccccc1Cl. The Morgan fingerprint density at radius 2 is 1.79 bits per heavy atom. The van der Waals surface area contributed by atoms with Gasteiger partial charge in [0.25, 0.3) is 5.56 Å². The van der Waals surface area contributed by atoms with Crippen LogP contribution < -0.4 is 11.2 Å². The number of benzene rings is 2. The largest absolute Gasteiger partial charge is 0.337 e. The first-order chi connectivity index (χ1) is 14.1. The van der Waals surface area contributed by atoms with E-state index < -0.39 is 0 Å². The van der Waals surface area contributed by atoms with E-state index in [4.69, 9.17) is 11.6 Å². The monoisotopic (exact) mass is 406 g/mol. The molecule has 2 heterocycles. The fraction of sp³-hybridized carbons (Fsp3) is 0.227. The van der Waals surface area contributed by atoms with Crippen molar-refractivity contribution in [3.05, 3.63) is 91.8 Å².